The van der Waals surface area contributed by atoms with Crippen molar-refractivity contribution in [2.24, 2.45) is 5.41 Å². The van der Waals surface area contributed by atoms with Gasteiger partial charge in [0.1, 0.15) is 11.8 Å². The van der Waals surface area contributed by atoms with Crippen molar-refractivity contribution in [2.45, 2.75) is 27.2 Å². The van der Waals surface area contributed by atoms with Crippen molar-refractivity contribution in [1.29, 1.82) is 5.26 Å². The molecule has 0 atom stereocenters. The van der Waals surface area contributed by atoms with Crippen LogP contribution in [-0.2, 0) is 6.42 Å². The average Bonchev–Trinajstić information content (AvgIpc) is 2.53. The smallest absolute Gasteiger partial charge is 0.116 e. The lowest BCUT2D eigenvalue weighted by Crippen LogP contribution is -2.13. The van der Waals surface area contributed by atoms with E-state index in [4.69, 9.17) is 4.98 Å². The average molecular weight is 316 g/mol. The molecule has 120 valence electrons. The number of benzene rings is 2. The van der Waals surface area contributed by atoms with Crippen molar-refractivity contribution in [1.82, 2.24) is 4.98 Å². The maximum atomic E-state index is 9.91. The third-order valence-corrected chi connectivity index (χ3v) is 3.92. The fourth-order valence-corrected chi connectivity index (χ4v) is 2.96. The summed E-state index contributed by atoms with van der Waals surface area (Å²) in [5.74, 6) is 0.175. The van der Waals surface area contributed by atoms with Crippen molar-refractivity contribution >= 4 is 10.9 Å². The lowest BCUT2D eigenvalue weighted by molar-refractivity contribution is 0.406. The number of aromatic nitrogens is 1. The second-order valence-electron chi connectivity index (χ2n) is 7.23. The Hall–Kier alpha value is -2.86. The molecule has 0 aliphatic carbocycles. The van der Waals surface area contributed by atoms with E-state index in [1.165, 1.54) is 0 Å². The molecule has 0 amide bonds. The first-order valence-electron chi connectivity index (χ1n) is 8.00. The van der Waals surface area contributed by atoms with Crippen molar-refractivity contribution < 1.29 is 5.11 Å². The maximum absolute atomic E-state index is 9.91. The van der Waals surface area contributed by atoms with Crippen LogP contribution in [0.2, 0.25) is 0 Å². The zero-order chi connectivity index (χ0) is 17.3. The van der Waals surface area contributed by atoms with Gasteiger partial charge in [-0.2, -0.15) is 5.26 Å². The molecule has 2 aromatic carbocycles. The Balaban J connectivity index is 2.40. The third kappa shape index (κ3) is 3.09. The van der Waals surface area contributed by atoms with E-state index >= 15 is 0 Å². The number of rotatable bonds is 2. The van der Waals surface area contributed by atoms with E-state index in [0.29, 0.717) is 12.0 Å². The number of hydrogen-bond acceptors (Lipinski definition) is 3. The van der Waals surface area contributed by atoms with E-state index in [1.54, 1.807) is 12.1 Å². The SMILES string of the molecule is CC(C)(C)Cc1nc2ccc(O)cc2c(-c2ccccc2)c1C#N. The molecule has 1 N–H and O–H groups in total. The topological polar surface area (TPSA) is 56.9 Å². The number of nitriles is 1. The van der Waals surface area contributed by atoms with Crippen LogP contribution in [0.5, 0.6) is 5.75 Å². The fraction of sp³-hybridized carbons (Fsp3) is 0.238. The molecule has 3 aromatic rings. The van der Waals surface area contributed by atoms with Gasteiger partial charge in [0.05, 0.1) is 16.8 Å². The molecule has 0 spiro atoms. The van der Waals surface area contributed by atoms with Crippen LogP contribution in [0.3, 0.4) is 0 Å². The minimum absolute atomic E-state index is 0.0250. The molecule has 0 saturated carbocycles. The fourth-order valence-electron chi connectivity index (χ4n) is 2.96. The summed E-state index contributed by atoms with van der Waals surface area (Å²) in [6.07, 6.45) is 0.715. The Morgan fingerprint density at radius 2 is 1.79 bits per heavy atom. The molecule has 3 rings (SSSR count). The molecule has 0 radical (unpaired) electrons. The summed E-state index contributed by atoms with van der Waals surface area (Å²) >= 11 is 0. The monoisotopic (exact) mass is 316 g/mol. The van der Waals surface area contributed by atoms with Crippen LogP contribution >= 0.6 is 0 Å². The van der Waals surface area contributed by atoms with Gasteiger partial charge in [0.15, 0.2) is 0 Å². The Bertz CT molecular complexity index is 932. The number of fused-ring (bicyclic) bond motifs is 1. The van der Waals surface area contributed by atoms with E-state index in [-0.39, 0.29) is 11.2 Å². The summed E-state index contributed by atoms with van der Waals surface area (Å²) in [5.41, 5.74) is 4.03. The van der Waals surface area contributed by atoms with E-state index < -0.39 is 0 Å². The molecule has 0 unspecified atom stereocenters. The van der Waals surface area contributed by atoms with Gasteiger partial charge in [-0.1, -0.05) is 51.1 Å². The Morgan fingerprint density at radius 1 is 1.08 bits per heavy atom. The highest BCUT2D eigenvalue weighted by atomic mass is 16.3. The highest BCUT2D eigenvalue weighted by Gasteiger charge is 2.21. The summed E-state index contributed by atoms with van der Waals surface area (Å²) in [6.45, 7) is 6.41. The molecule has 1 heterocycles. The lowest BCUT2D eigenvalue weighted by Gasteiger charge is -2.20. The first-order chi connectivity index (χ1) is 11.4. The highest BCUT2D eigenvalue weighted by molar-refractivity contribution is 5.98. The number of phenols is 1. The van der Waals surface area contributed by atoms with Gasteiger partial charge >= 0.3 is 0 Å². The van der Waals surface area contributed by atoms with E-state index in [0.717, 1.165) is 27.7 Å². The predicted octanol–water partition coefficient (Wildman–Crippen LogP) is 5.07. The van der Waals surface area contributed by atoms with Gasteiger partial charge in [-0.3, -0.25) is 4.98 Å². The summed E-state index contributed by atoms with van der Waals surface area (Å²) in [7, 11) is 0. The highest BCUT2D eigenvalue weighted by Crippen LogP contribution is 2.36. The van der Waals surface area contributed by atoms with Crippen molar-refractivity contribution in [3.63, 3.8) is 0 Å². The Labute approximate surface area is 142 Å². The standard InChI is InChI=1S/C21H20N2O/c1-21(2,3)12-19-17(13-22)20(14-7-5-4-6-8-14)16-11-15(24)9-10-18(16)23-19/h4-11,24H,12H2,1-3H3. The third-order valence-electron chi connectivity index (χ3n) is 3.92. The van der Waals surface area contributed by atoms with Crippen LogP contribution in [0.15, 0.2) is 48.5 Å². The predicted molar refractivity (Wildman–Crippen MR) is 96.7 cm³/mol. The molecule has 3 heteroatoms. The lowest BCUT2D eigenvalue weighted by atomic mass is 9.86. The van der Waals surface area contributed by atoms with Crippen LogP contribution in [0.4, 0.5) is 0 Å². The normalized spacial score (nSPS) is 11.4. The molecule has 1 aromatic heterocycles. The van der Waals surface area contributed by atoms with Crippen molar-refractivity contribution in [2.75, 3.05) is 0 Å². The van der Waals surface area contributed by atoms with Crippen molar-refractivity contribution in [3.8, 4) is 22.9 Å². The van der Waals surface area contributed by atoms with Gasteiger partial charge in [0.2, 0.25) is 0 Å². The Kier molecular flexibility index (Phi) is 3.99. The minimum Gasteiger partial charge on any atom is -0.508 e. The van der Waals surface area contributed by atoms with Gasteiger partial charge in [0.25, 0.3) is 0 Å². The summed E-state index contributed by atoms with van der Waals surface area (Å²) in [4.78, 5) is 4.73. The zero-order valence-corrected chi connectivity index (χ0v) is 14.2. The largest absolute Gasteiger partial charge is 0.508 e. The van der Waals surface area contributed by atoms with Crippen LogP contribution in [0.25, 0.3) is 22.0 Å². The summed E-state index contributed by atoms with van der Waals surface area (Å²) in [5, 5.41) is 20.5. The van der Waals surface area contributed by atoms with Crippen LogP contribution < -0.4 is 0 Å². The molecule has 0 saturated heterocycles. The molecular weight excluding hydrogens is 296 g/mol. The molecule has 24 heavy (non-hydrogen) atoms. The molecular formula is C21H20N2O. The van der Waals surface area contributed by atoms with E-state index in [9.17, 15) is 10.4 Å². The number of hydrogen-bond donors (Lipinski definition) is 1. The van der Waals surface area contributed by atoms with Crippen LogP contribution in [0.1, 0.15) is 32.0 Å². The number of aromatic hydroxyl groups is 1. The second-order valence-corrected chi connectivity index (χ2v) is 7.23. The molecule has 0 aliphatic rings. The van der Waals surface area contributed by atoms with Gasteiger partial charge < -0.3 is 5.11 Å². The van der Waals surface area contributed by atoms with E-state index in [1.807, 2.05) is 36.4 Å². The van der Waals surface area contributed by atoms with Crippen LogP contribution in [0, 0.1) is 16.7 Å². The maximum Gasteiger partial charge on any atom is 0.116 e. The summed E-state index contributed by atoms with van der Waals surface area (Å²) < 4.78 is 0. The van der Waals surface area contributed by atoms with Gasteiger partial charge in [-0.25, -0.2) is 0 Å². The molecule has 0 bridgehead atoms. The van der Waals surface area contributed by atoms with Crippen LogP contribution in [-0.4, -0.2) is 10.1 Å². The van der Waals surface area contributed by atoms with Gasteiger partial charge in [-0.15, -0.1) is 0 Å². The second kappa shape index (κ2) is 5.98. The molecule has 0 fully saturated rings. The minimum atomic E-state index is 0.0250. The zero-order valence-electron chi connectivity index (χ0n) is 14.2. The molecule has 0 aliphatic heterocycles. The molecule has 3 nitrogen and oxygen atoms in total. The first-order valence-corrected chi connectivity index (χ1v) is 8.00. The van der Waals surface area contributed by atoms with E-state index in [2.05, 4.69) is 26.8 Å². The number of phenolic OH excluding ortho intramolecular Hbond substituents is 1. The summed E-state index contributed by atoms with van der Waals surface area (Å²) in [6, 6.07) is 17.3. The Morgan fingerprint density at radius 3 is 2.42 bits per heavy atom. The first kappa shape index (κ1) is 16.0. The van der Waals surface area contributed by atoms with Crippen molar-refractivity contribution in [3.05, 3.63) is 59.8 Å². The quantitative estimate of drug-likeness (QED) is 0.718. The number of nitrogens with zero attached hydrogens (tertiary/aromatic N) is 2. The van der Waals surface area contributed by atoms with Gasteiger partial charge in [-0.05, 0) is 35.6 Å². The number of pyridine rings is 1. The van der Waals surface area contributed by atoms with Gasteiger partial charge in [0, 0.05) is 10.9 Å².